The quantitative estimate of drug-likeness (QED) is 0.774. The topological polar surface area (TPSA) is 33.0 Å². The van der Waals surface area contributed by atoms with Gasteiger partial charge in [0.1, 0.15) is 11.6 Å². The molecule has 0 unspecified atom stereocenters. The van der Waals surface area contributed by atoms with Crippen LogP contribution < -0.4 is 4.74 Å². The summed E-state index contributed by atoms with van der Waals surface area (Å²) >= 11 is 5.61. The van der Waals surface area contributed by atoms with E-state index >= 15 is 0 Å². The second kappa shape index (κ2) is 4.83. The largest absolute Gasteiger partial charge is 0.496 e. The molecule has 0 fully saturated rings. The van der Waals surface area contributed by atoms with E-state index in [4.69, 9.17) is 21.6 Å². The van der Waals surface area contributed by atoms with Crippen molar-refractivity contribution in [2.75, 3.05) is 7.11 Å². The van der Waals surface area contributed by atoms with Crippen LogP contribution in [-0.4, -0.2) is 7.11 Å². The number of methoxy groups -OCH3 is 1. The van der Waals surface area contributed by atoms with Crippen molar-refractivity contribution < 1.29 is 9.13 Å². The third kappa shape index (κ3) is 2.36. The number of halogens is 2. The molecule has 1 aromatic carbocycles. The fourth-order valence-corrected chi connectivity index (χ4v) is 1.33. The lowest BCUT2D eigenvalue weighted by Crippen LogP contribution is -1.93. The molecular formula is C10H9ClFNO. The predicted octanol–water partition coefficient (Wildman–Crippen LogP) is 2.94. The zero-order valence-corrected chi connectivity index (χ0v) is 8.44. The maximum absolute atomic E-state index is 13.0. The van der Waals surface area contributed by atoms with Crippen molar-refractivity contribution in [3.63, 3.8) is 0 Å². The van der Waals surface area contributed by atoms with Crippen LogP contribution in [0.25, 0.3) is 0 Å². The maximum atomic E-state index is 13.0. The molecule has 0 aliphatic rings. The minimum absolute atomic E-state index is 0.0544. The minimum atomic E-state index is -0.510. The molecule has 0 spiro atoms. The van der Waals surface area contributed by atoms with Crippen molar-refractivity contribution in [1.82, 2.24) is 0 Å². The summed E-state index contributed by atoms with van der Waals surface area (Å²) < 4.78 is 18.0. The molecule has 0 aliphatic heterocycles. The van der Waals surface area contributed by atoms with E-state index in [1.54, 1.807) is 0 Å². The molecule has 0 saturated heterocycles. The second-order valence-electron chi connectivity index (χ2n) is 2.74. The summed E-state index contributed by atoms with van der Waals surface area (Å²) in [5, 5.41) is 8.47. The highest BCUT2D eigenvalue weighted by atomic mass is 35.5. The molecule has 0 atom stereocenters. The van der Waals surface area contributed by atoms with Crippen molar-refractivity contribution in [2.24, 2.45) is 0 Å². The number of benzene rings is 1. The van der Waals surface area contributed by atoms with Crippen LogP contribution in [0.2, 0.25) is 5.02 Å². The van der Waals surface area contributed by atoms with Gasteiger partial charge in [0.05, 0.1) is 18.2 Å². The molecule has 0 amide bonds. The number of rotatable bonds is 3. The predicted molar refractivity (Wildman–Crippen MR) is 51.9 cm³/mol. The summed E-state index contributed by atoms with van der Waals surface area (Å²) in [6, 6.07) is 4.73. The van der Waals surface area contributed by atoms with E-state index in [1.807, 2.05) is 6.07 Å². The van der Waals surface area contributed by atoms with Crippen LogP contribution in [0.15, 0.2) is 12.1 Å². The summed E-state index contributed by atoms with van der Waals surface area (Å²) in [5.41, 5.74) is 0.750. The Bertz CT molecular complexity index is 373. The highest BCUT2D eigenvalue weighted by molar-refractivity contribution is 6.30. The summed E-state index contributed by atoms with van der Waals surface area (Å²) in [6.07, 6.45) is 0.873. The molecule has 14 heavy (non-hydrogen) atoms. The molecular weight excluding hydrogens is 205 g/mol. The van der Waals surface area contributed by atoms with Gasteiger partial charge in [-0.25, -0.2) is 4.39 Å². The minimum Gasteiger partial charge on any atom is -0.496 e. The zero-order chi connectivity index (χ0) is 10.6. The molecule has 0 aliphatic carbocycles. The summed E-state index contributed by atoms with van der Waals surface area (Å²) in [5.74, 6) is -0.0774. The smallest absolute Gasteiger partial charge is 0.145 e. The van der Waals surface area contributed by atoms with E-state index in [9.17, 15) is 4.39 Å². The maximum Gasteiger partial charge on any atom is 0.145 e. The van der Waals surface area contributed by atoms with Gasteiger partial charge >= 0.3 is 0 Å². The summed E-state index contributed by atoms with van der Waals surface area (Å²) in [4.78, 5) is 0. The number of nitriles is 1. The normalized spacial score (nSPS) is 9.57. The number of nitrogens with zero attached hydrogens (tertiary/aromatic N) is 1. The Kier molecular flexibility index (Phi) is 3.73. The van der Waals surface area contributed by atoms with Gasteiger partial charge in [-0.15, -0.1) is 0 Å². The molecule has 0 N–H and O–H groups in total. The Balaban J connectivity index is 3.02. The first-order valence-electron chi connectivity index (χ1n) is 4.08. The van der Waals surface area contributed by atoms with E-state index in [2.05, 4.69) is 0 Å². The van der Waals surface area contributed by atoms with Gasteiger partial charge in [0.2, 0.25) is 0 Å². The van der Waals surface area contributed by atoms with Crippen molar-refractivity contribution >= 4 is 11.6 Å². The number of hydrogen-bond donors (Lipinski definition) is 0. The van der Waals surface area contributed by atoms with Gasteiger partial charge < -0.3 is 4.74 Å². The number of hydrogen-bond acceptors (Lipinski definition) is 2. The van der Waals surface area contributed by atoms with Gasteiger partial charge in [-0.2, -0.15) is 5.26 Å². The van der Waals surface area contributed by atoms with E-state index in [-0.39, 0.29) is 5.02 Å². The second-order valence-corrected chi connectivity index (χ2v) is 3.14. The molecule has 74 valence electrons. The first-order valence-corrected chi connectivity index (χ1v) is 4.45. The molecule has 0 aromatic heterocycles. The monoisotopic (exact) mass is 213 g/mol. The third-order valence-corrected chi connectivity index (χ3v) is 2.12. The van der Waals surface area contributed by atoms with E-state index < -0.39 is 5.82 Å². The Hall–Kier alpha value is -1.27. The molecule has 4 heteroatoms. The van der Waals surface area contributed by atoms with Gasteiger partial charge in [0.25, 0.3) is 0 Å². The molecule has 0 radical (unpaired) electrons. The van der Waals surface area contributed by atoms with Gasteiger partial charge in [-0.3, -0.25) is 0 Å². The van der Waals surface area contributed by atoms with Crippen LogP contribution in [0.4, 0.5) is 4.39 Å². The molecule has 1 rings (SSSR count). The lowest BCUT2D eigenvalue weighted by molar-refractivity contribution is 0.406. The molecule has 0 heterocycles. The van der Waals surface area contributed by atoms with Gasteiger partial charge in [0, 0.05) is 12.5 Å². The van der Waals surface area contributed by atoms with Gasteiger partial charge in [-0.1, -0.05) is 11.6 Å². The Morgan fingerprint density at radius 2 is 2.29 bits per heavy atom. The summed E-state index contributed by atoms with van der Waals surface area (Å²) in [7, 11) is 1.46. The lowest BCUT2D eigenvalue weighted by atomic mass is 10.1. The van der Waals surface area contributed by atoms with Crippen molar-refractivity contribution in [2.45, 2.75) is 12.8 Å². The Labute approximate surface area is 86.9 Å². The number of aryl methyl sites for hydroxylation is 1. The van der Waals surface area contributed by atoms with Crippen molar-refractivity contribution in [1.29, 1.82) is 5.26 Å². The first kappa shape index (κ1) is 10.8. The van der Waals surface area contributed by atoms with Crippen LogP contribution in [0.1, 0.15) is 12.0 Å². The highest BCUT2D eigenvalue weighted by Gasteiger charge is 2.08. The highest BCUT2D eigenvalue weighted by Crippen LogP contribution is 2.26. The van der Waals surface area contributed by atoms with Crippen molar-refractivity contribution in [3.05, 3.63) is 28.5 Å². The lowest BCUT2D eigenvalue weighted by Gasteiger charge is -2.07. The van der Waals surface area contributed by atoms with Crippen LogP contribution in [0.5, 0.6) is 5.75 Å². The fourth-order valence-electron chi connectivity index (χ4n) is 1.15. The molecule has 1 aromatic rings. The Morgan fingerprint density at radius 1 is 1.57 bits per heavy atom. The zero-order valence-electron chi connectivity index (χ0n) is 7.68. The standard InChI is InChI=1S/C10H9ClFNO/c1-14-10-6-9(12)8(11)5-7(10)3-2-4-13/h5-6H,2-3H2,1H3. The third-order valence-electron chi connectivity index (χ3n) is 1.83. The van der Waals surface area contributed by atoms with Crippen LogP contribution in [0.3, 0.4) is 0 Å². The fraction of sp³-hybridized carbons (Fsp3) is 0.300. The average Bonchev–Trinajstić information content (AvgIpc) is 2.19. The SMILES string of the molecule is COc1cc(F)c(Cl)cc1CCC#N. The molecule has 0 bridgehead atoms. The average molecular weight is 214 g/mol. The summed E-state index contributed by atoms with van der Waals surface area (Å²) in [6.45, 7) is 0. The molecule has 2 nitrogen and oxygen atoms in total. The van der Waals surface area contributed by atoms with Gasteiger partial charge in [0.15, 0.2) is 0 Å². The van der Waals surface area contributed by atoms with E-state index in [0.717, 1.165) is 5.56 Å². The van der Waals surface area contributed by atoms with Crippen LogP contribution in [0, 0.1) is 17.1 Å². The van der Waals surface area contributed by atoms with E-state index in [0.29, 0.717) is 18.6 Å². The Morgan fingerprint density at radius 3 is 2.86 bits per heavy atom. The first-order chi connectivity index (χ1) is 6.69. The van der Waals surface area contributed by atoms with Crippen LogP contribution >= 0.6 is 11.6 Å². The van der Waals surface area contributed by atoms with Gasteiger partial charge in [-0.05, 0) is 18.1 Å². The van der Waals surface area contributed by atoms with Crippen molar-refractivity contribution in [3.8, 4) is 11.8 Å². The molecule has 0 saturated carbocycles. The number of ether oxygens (including phenoxy) is 1. The van der Waals surface area contributed by atoms with E-state index in [1.165, 1.54) is 19.2 Å². The van der Waals surface area contributed by atoms with Crippen LogP contribution in [-0.2, 0) is 6.42 Å².